The third-order valence-electron chi connectivity index (χ3n) is 3.10. The average Bonchev–Trinajstić information content (AvgIpc) is 2.15. The number of pyridine rings is 1. The molecule has 0 amide bonds. The molecule has 1 aromatic rings. The number of anilines is 2. The van der Waals surface area contributed by atoms with Gasteiger partial charge in [-0.15, -0.1) is 0 Å². The molecule has 2 unspecified atom stereocenters. The highest BCUT2D eigenvalue weighted by Crippen LogP contribution is 2.26. The minimum absolute atomic E-state index is 0.450. The van der Waals surface area contributed by atoms with Gasteiger partial charge in [-0.2, -0.15) is 0 Å². The van der Waals surface area contributed by atoms with E-state index in [1.165, 1.54) is 25.7 Å². The lowest BCUT2D eigenvalue weighted by atomic mass is 9.87. The number of hydrogen-bond donors (Lipinski definition) is 2. The normalized spacial score (nSPS) is 25.4. The van der Waals surface area contributed by atoms with Crippen LogP contribution in [0.1, 0.15) is 32.6 Å². The quantitative estimate of drug-likeness (QED) is 0.779. The van der Waals surface area contributed by atoms with Gasteiger partial charge < -0.3 is 11.1 Å². The van der Waals surface area contributed by atoms with E-state index >= 15 is 0 Å². The van der Waals surface area contributed by atoms with Gasteiger partial charge in [-0.25, -0.2) is 4.98 Å². The lowest BCUT2D eigenvalue weighted by molar-refractivity contribution is 0.358. The van der Waals surface area contributed by atoms with Crippen LogP contribution < -0.4 is 11.1 Å². The summed E-state index contributed by atoms with van der Waals surface area (Å²) in [5.41, 5.74) is 6.39. The first-order chi connectivity index (χ1) is 7.63. The molecule has 1 aromatic heterocycles. The molecule has 0 spiro atoms. The highest BCUT2D eigenvalue weighted by Gasteiger charge is 2.18. The summed E-state index contributed by atoms with van der Waals surface area (Å²) in [7, 11) is 0. The molecule has 1 saturated carbocycles. The van der Waals surface area contributed by atoms with Gasteiger partial charge in [-0.1, -0.05) is 31.4 Å². The van der Waals surface area contributed by atoms with Crippen LogP contribution in [-0.4, -0.2) is 11.0 Å². The number of rotatable bonds is 2. The topological polar surface area (TPSA) is 50.9 Å². The molecule has 16 heavy (non-hydrogen) atoms. The maximum absolute atomic E-state index is 5.87. The third-order valence-corrected chi connectivity index (χ3v) is 3.30. The van der Waals surface area contributed by atoms with Gasteiger partial charge in [0.2, 0.25) is 0 Å². The standard InChI is InChI=1S/C12H18ClN3/c1-8-3-2-4-10(5-8)15-12-7-9(14)6-11(13)16-12/h6-8,10H,2-5H2,1H3,(H3,14,15,16). The molecule has 1 aliphatic carbocycles. The van der Waals surface area contributed by atoms with Gasteiger partial charge >= 0.3 is 0 Å². The van der Waals surface area contributed by atoms with E-state index in [0.717, 1.165) is 11.7 Å². The van der Waals surface area contributed by atoms with Gasteiger partial charge in [-0.05, 0) is 24.8 Å². The Kier molecular flexibility index (Phi) is 3.54. The van der Waals surface area contributed by atoms with Crippen molar-refractivity contribution in [2.45, 2.75) is 38.6 Å². The lowest BCUT2D eigenvalue weighted by Gasteiger charge is -2.27. The van der Waals surface area contributed by atoms with Crippen molar-refractivity contribution in [3.8, 4) is 0 Å². The van der Waals surface area contributed by atoms with Crippen LogP contribution in [0.15, 0.2) is 12.1 Å². The van der Waals surface area contributed by atoms with Gasteiger partial charge in [0.25, 0.3) is 0 Å². The first-order valence-corrected chi connectivity index (χ1v) is 6.21. The van der Waals surface area contributed by atoms with Crippen LogP contribution in [0.25, 0.3) is 0 Å². The summed E-state index contributed by atoms with van der Waals surface area (Å²) in [6, 6.07) is 4.01. The van der Waals surface area contributed by atoms with Crippen molar-refractivity contribution in [2.24, 2.45) is 5.92 Å². The highest BCUT2D eigenvalue weighted by atomic mass is 35.5. The molecule has 1 aliphatic rings. The molecular formula is C12H18ClN3. The van der Waals surface area contributed by atoms with Crippen molar-refractivity contribution in [2.75, 3.05) is 11.1 Å². The van der Waals surface area contributed by atoms with Crippen LogP contribution in [0.3, 0.4) is 0 Å². The summed E-state index contributed by atoms with van der Waals surface area (Å²) in [5, 5.41) is 3.87. The van der Waals surface area contributed by atoms with E-state index in [9.17, 15) is 0 Å². The van der Waals surface area contributed by atoms with E-state index in [1.54, 1.807) is 6.07 Å². The average molecular weight is 240 g/mol. The first-order valence-electron chi connectivity index (χ1n) is 5.83. The summed E-state index contributed by atoms with van der Waals surface area (Å²) < 4.78 is 0. The zero-order valence-corrected chi connectivity index (χ0v) is 10.3. The van der Waals surface area contributed by atoms with E-state index in [-0.39, 0.29) is 0 Å². The molecule has 1 fully saturated rings. The molecule has 0 aromatic carbocycles. The van der Waals surface area contributed by atoms with Crippen LogP contribution in [0, 0.1) is 5.92 Å². The number of halogens is 1. The number of hydrogen-bond acceptors (Lipinski definition) is 3. The molecule has 0 radical (unpaired) electrons. The van der Waals surface area contributed by atoms with Gasteiger partial charge in [0.1, 0.15) is 11.0 Å². The SMILES string of the molecule is CC1CCCC(Nc2cc(N)cc(Cl)n2)C1. The Hall–Kier alpha value is -0.960. The fraction of sp³-hybridized carbons (Fsp3) is 0.583. The Bertz CT molecular complexity index is 347. The minimum atomic E-state index is 0.450. The number of aromatic nitrogens is 1. The Labute approximate surface area is 101 Å². The van der Waals surface area contributed by atoms with Gasteiger partial charge in [-0.3, -0.25) is 0 Å². The van der Waals surface area contributed by atoms with E-state index < -0.39 is 0 Å². The number of nitrogens with zero attached hydrogens (tertiary/aromatic N) is 1. The number of nitrogens with one attached hydrogen (secondary N) is 1. The summed E-state index contributed by atoms with van der Waals surface area (Å²) in [4.78, 5) is 4.23. The molecule has 1 heterocycles. The largest absolute Gasteiger partial charge is 0.399 e. The fourth-order valence-electron chi connectivity index (χ4n) is 2.36. The predicted octanol–water partition coefficient (Wildman–Crippen LogP) is 3.31. The maximum Gasteiger partial charge on any atom is 0.133 e. The Morgan fingerprint density at radius 1 is 1.44 bits per heavy atom. The smallest absolute Gasteiger partial charge is 0.133 e. The zero-order chi connectivity index (χ0) is 11.5. The van der Waals surface area contributed by atoms with Crippen LogP contribution in [0.5, 0.6) is 0 Å². The molecule has 3 nitrogen and oxygen atoms in total. The highest BCUT2D eigenvalue weighted by molar-refractivity contribution is 6.29. The Morgan fingerprint density at radius 3 is 2.94 bits per heavy atom. The van der Waals surface area contributed by atoms with Gasteiger partial charge in [0, 0.05) is 17.8 Å². The summed E-state index contributed by atoms with van der Waals surface area (Å²) in [6.07, 6.45) is 5.03. The number of nitrogens with two attached hydrogens (primary N) is 1. The van der Waals surface area contributed by atoms with Crippen molar-refractivity contribution in [1.82, 2.24) is 4.98 Å². The van der Waals surface area contributed by atoms with Crippen LogP contribution in [0.2, 0.25) is 5.15 Å². The molecule has 0 saturated heterocycles. The van der Waals surface area contributed by atoms with Crippen molar-refractivity contribution in [3.63, 3.8) is 0 Å². The second-order valence-electron chi connectivity index (χ2n) is 4.72. The monoisotopic (exact) mass is 239 g/mol. The van der Waals surface area contributed by atoms with E-state index in [4.69, 9.17) is 17.3 Å². The van der Waals surface area contributed by atoms with E-state index in [0.29, 0.717) is 16.9 Å². The minimum Gasteiger partial charge on any atom is -0.399 e. The maximum atomic E-state index is 5.87. The lowest BCUT2D eigenvalue weighted by Crippen LogP contribution is -2.26. The van der Waals surface area contributed by atoms with Crippen LogP contribution >= 0.6 is 11.6 Å². The van der Waals surface area contributed by atoms with Crippen molar-refractivity contribution < 1.29 is 0 Å². The molecule has 4 heteroatoms. The third kappa shape index (κ3) is 3.01. The number of nitrogen functional groups attached to an aromatic ring is 1. The molecule has 2 rings (SSSR count). The molecule has 88 valence electrons. The Morgan fingerprint density at radius 2 is 2.25 bits per heavy atom. The van der Waals surface area contributed by atoms with Gasteiger partial charge in [0.05, 0.1) is 0 Å². The molecule has 0 aliphatic heterocycles. The molecular weight excluding hydrogens is 222 g/mol. The second-order valence-corrected chi connectivity index (χ2v) is 5.11. The van der Waals surface area contributed by atoms with Gasteiger partial charge in [0.15, 0.2) is 0 Å². The van der Waals surface area contributed by atoms with Crippen molar-refractivity contribution in [1.29, 1.82) is 0 Å². The Balaban J connectivity index is 2.02. The summed E-state index contributed by atoms with van der Waals surface area (Å²) in [5.74, 6) is 1.59. The fourth-order valence-corrected chi connectivity index (χ4v) is 2.58. The van der Waals surface area contributed by atoms with Crippen molar-refractivity contribution >= 4 is 23.1 Å². The van der Waals surface area contributed by atoms with Crippen molar-refractivity contribution in [3.05, 3.63) is 17.3 Å². The molecule has 3 N–H and O–H groups in total. The van der Waals surface area contributed by atoms with Crippen LogP contribution in [0.4, 0.5) is 11.5 Å². The predicted molar refractivity (Wildman–Crippen MR) is 68.7 cm³/mol. The molecule has 2 atom stereocenters. The van der Waals surface area contributed by atoms with E-state index in [2.05, 4.69) is 17.2 Å². The molecule has 0 bridgehead atoms. The summed E-state index contributed by atoms with van der Waals surface area (Å²) >= 11 is 5.87. The second kappa shape index (κ2) is 4.91. The zero-order valence-electron chi connectivity index (χ0n) is 9.54. The van der Waals surface area contributed by atoms with Crippen LogP contribution in [-0.2, 0) is 0 Å². The summed E-state index contributed by atoms with van der Waals surface area (Å²) in [6.45, 7) is 2.30. The van der Waals surface area contributed by atoms with E-state index in [1.807, 2.05) is 6.07 Å². The first kappa shape index (κ1) is 11.5.